The second kappa shape index (κ2) is 9.55. The van der Waals surface area contributed by atoms with E-state index < -0.39 is 0 Å². The Bertz CT molecular complexity index is 942. The maximum atomic E-state index is 13.3. The van der Waals surface area contributed by atoms with Gasteiger partial charge >= 0.3 is 0 Å². The van der Waals surface area contributed by atoms with Crippen LogP contribution in [0, 0.1) is 11.2 Å². The molecule has 1 aliphatic carbocycles. The maximum absolute atomic E-state index is 13.3. The lowest BCUT2D eigenvalue weighted by atomic mass is 9.66. The Morgan fingerprint density at radius 1 is 0.939 bits per heavy atom. The fourth-order valence-corrected chi connectivity index (χ4v) is 6.57. The summed E-state index contributed by atoms with van der Waals surface area (Å²) < 4.78 is 13.3. The molecule has 3 aliphatic rings. The van der Waals surface area contributed by atoms with Gasteiger partial charge in [0, 0.05) is 24.7 Å². The number of nitrogens with zero attached hydrogens (tertiary/aromatic N) is 2. The van der Waals surface area contributed by atoms with Gasteiger partial charge < -0.3 is 10.0 Å². The molecule has 3 atom stereocenters. The molecule has 2 aromatic carbocycles. The summed E-state index contributed by atoms with van der Waals surface area (Å²) in [5.41, 5.74) is 1.99. The molecule has 0 unspecified atom stereocenters. The van der Waals surface area contributed by atoms with Gasteiger partial charge in [0.1, 0.15) is 5.82 Å². The third-order valence-corrected chi connectivity index (χ3v) is 8.37. The van der Waals surface area contributed by atoms with Crippen molar-refractivity contribution in [3.05, 3.63) is 71.5 Å². The van der Waals surface area contributed by atoms with Crippen molar-refractivity contribution in [1.82, 2.24) is 9.80 Å². The molecule has 4 nitrogen and oxygen atoms in total. The number of carbonyl (C=O) groups excluding carboxylic acids is 1. The first-order chi connectivity index (χ1) is 16.0. The average molecular weight is 451 g/mol. The van der Waals surface area contributed by atoms with Gasteiger partial charge in [-0.25, -0.2) is 4.39 Å². The molecule has 2 saturated heterocycles. The Balaban J connectivity index is 1.18. The van der Waals surface area contributed by atoms with E-state index in [1.807, 2.05) is 4.90 Å². The quantitative estimate of drug-likeness (QED) is 0.728. The van der Waals surface area contributed by atoms with Crippen molar-refractivity contribution < 1.29 is 14.3 Å². The summed E-state index contributed by atoms with van der Waals surface area (Å²) in [5.74, 6) is 0.281. The van der Waals surface area contributed by atoms with Gasteiger partial charge in [-0.05, 0) is 99.2 Å². The molecule has 1 spiro atoms. The molecule has 0 aromatic heterocycles. The molecule has 0 bridgehead atoms. The molecule has 5 rings (SSSR count). The van der Waals surface area contributed by atoms with E-state index in [1.54, 1.807) is 12.1 Å². The molecule has 0 radical (unpaired) electrons. The minimum Gasteiger partial charge on any atom is -0.391 e. The van der Waals surface area contributed by atoms with E-state index >= 15 is 0 Å². The SMILES string of the molecule is O=C(c1ccc(F)cc1)N1CCC[C@]2(CC[C@@H](N3CCC(c4ccccc4)CC3)[C@H](O)C2)C1. The average Bonchev–Trinajstić information content (AvgIpc) is 2.85. The highest BCUT2D eigenvalue weighted by Crippen LogP contribution is 2.45. The van der Waals surface area contributed by atoms with Crippen LogP contribution in [0.25, 0.3) is 0 Å². The van der Waals surface area contributed by atoms with Crippen LogP contribution in [0.5, 0.6) is 0 Å². The van der Waals surface area contributed by atoms with Gasteiger partial charge in [0.25, 0.3) is 5.91 Å². The Labute approximate surface area is 196 Å². The standard InChI is InChI=1S/C28H35FN2O2/c29-24-9-7-23(8-10-24)27(33)31-16-4-14-28(20-31)15-11-25(26(32)19-28)30-17-12-22(13-18-30)21-5-2-1-3-6-21/h1-3,5-10,22,25-26,32H,4,11-20H2/t25-,26-,28-/m1/s1. The number of halogens is 1. The molecule has 1 N–H and O–H groups in total. The van der Waals surface area contributed by atoms with Crippen molar-refractivity contribution in [3.63, 3.8) is 0 Å². The number of carbonyl (C=O) groups is 1. The normalized spacial score (nSPS) is 29.3. The van der Waals surface area contributed by atoms with Crippen LogP contribution < -0.4 is 0 Å². The summed E-state index contributed by atoms with van der Waals surface area (Å²) in [5, 5.41) is 11.2. The lowest BCUT2D eigenvalue weighted by Crippen LogP contribution is -2.55. The van der Waals surface area contributed by atoms with Crippen molar-refractivity contribution >= 4 is 5.91 Å². The van der Waals surface area contributed by atoms with Crippen LogP contribution >= 0.6 is 0 Å². The predicted octanol–water partition coefficient (Wildman–Crippen LogP) is 4.84. The zero-order valence-corrected chi connectivity index (χ0v) is 19.3. The first kappa shape index (κ1) is 22.5. The van der Waals surface area contributed by atoms with E-state index in [1.165, 1.54) is 17.7 Å². The lowest BCUT2D eigenvalue weighted by molar-refractivity contribution is -0.0565. The summed E-state index contributed by atoms with van der Waals surface area (Å²) in [6.45, 7) is 3.53. The number of benzene rings is 2. The summed E-state index contributed by atoms with van der Waals surface area (Å²) in [6, 6.07) is 16.9. The smallest absolute Gasteiger partial charge is 0.253 e. The minimum atomic E-state index is -0.340. The molecule has 176 valence electrons. The van der Waals surface area contributed by atoms with Gasteiger partial charge in [-0.2, -0.15) is 0 Å². The van der Waals surface area contributed by atoms with Gasteiger partial charge in [0.15, 0.2) is 0 Å². The van der Waals surface area contributed by atoms with E-state index in [2.05, 4.69) is 35.2 Å². The van der Waals surface area contributed by atoms with Gasteiger partial charge in [-0.1, -0.05) is 30.3 Å². The van der Waals surface area contributed by atoms with E-state index in [0.29, 0.717) is 18.0 Å². The minimum absolute atomic E-state index is 0.00617. The van der Waals surface area contributed by atoms with E-state index in [9.17, 15) is 14.3 Å². The summed E-state index contributed by atoms with van der Waals surface area (Å²) in [4.78, 5) is 17.5. The Kier molecular flexibility index (Phi) is 6.53. The maximum Gasteiger partial charge on any atom is 0.253 e. The number of hydrogen-bond acceptors (Lipinski definition) is 3. The second-order valence-electron chi connectivity index (χ2n) is 10.4. The van der Waals surface area contributed by atoms with Crippen LogP contribution in [0.3, 0.4) is 0 Å². The summed E-state index contributed by atoms with van der Waals surface area (Å²) in [7, 11) is 0. The molecular weight excluding hydrogens is 415 g/mol. The fourth-order valence-electron chi connectivity index (χ4n) is 6.57. The molecule has 2 heterocycles. The van der Waals surface area contributed by atoms with Crippen molar-refractivity contribution in [2.75, 3.05) is 26.2 Å². The highest BCUT2D eigenvalue weighted by molar-refractivity contribution is 5.94. The van der Waals surface area contributed by atoms with E-state index in [0.717, 1.165) is 64.6 Å². The summed E-state index contributed by atoms with van der Waals surface area (Å²) in [6.07, 6.45) is 6.82. The molecule has 2 aromatic rings. The molecule has 3 fully saturated rings. The van der Waals surface area contributed by atoms with Crippen LogP contribution in [0.4, 0.5) is 4.39 Å². The number of hydrogen-bond donors (Lipinski definition) is 1. The number of aliphatic hydroxyl groups excluding tert-OH is 1. The van der Waals surface area contributed by atoms with Crippen LogP contribution in [-0.4, -0.2) is 59.1 Å². The van der Waals surface area contributed by atoms with Gasteiger partial charge in [-0.15, -0.1) is 0 Å². The van der Waals surface area contributed by atoms with Gasteiger partial charge in [-0.3, -0.25) is 9.69 Å². The number of piperidine rings is 2. The van der Waals surface area contributed by atoms with Crippen LogP contribution in [0.15, 0.2) is 54.6 Å². The van der Waals surface area contributed by atoms with E-state index in [4.69, 9.17) is 0 Å². The Morgan fingerprint density at radius 3 is 2.36 bits per heavy atom. The highest BCUT2D eigenvalue weighted by atomic mass is 19.1. The molecule has 33 heavy (non-hydrogen) atoms. The first-order valence-electron chi connectivity index (χ1n) is 12.5. The van der Waals surface area contributed by atoms with Gasteiger partial charge in [0.05, 0.1) is 6.10 Å². The van der Waals surface area contributed by atoms with Crippen molar-refractivity contribution in [2.45, 2.75) is 63.0 Å². The zero-order valence-electron chi connectivity index (χ0n) is 19.3. The molecule has 1 amide bonds. The van der Waals surface area contributed by atoms with Crippen molar-refractivity contribution in [1.29, 1.82) is 0 Å². The second-order valence-corrected chi connectivity index (χ2v) is 10.4. The zero-order chi connectivity index (χ0) is 22.8. The van der Waals surface area contributed by atoms with E-state index in [-0.39, 0.29) is 29.3 Å². The number of aliphatic hydroxyl groups is 1. The Hall–Kier alpha value is -2.24. The Morgan fingerprint density at radius 2 is 1.67 bits per heavy atom. The number of likely N-dealkylation sites (tertiary alicyclic amines) is 2. The fraction of sp³-hybridized carbons (Fsp3) is 0.536. The topological polar surface area (TPSA) is 43.8 Å². The van der Waals surface area contributed by atoms with Crippen LogP contribution in [0.1, 0.15) is 66.8 Å². The molecule has 1 saturated carbocycles. The predicted molar refractivity (Wildman–Crippen MR) is 128 cm³/mol. The lowest BCUT2D eigenvalue weighted by Gasteiger charge is -2.51. The third-order valence-electron chi connectivity index (χ3n) is 8.37. The highest BCUT2D eigenvalue weighted by Gasteiger charge is 2.45. The van der Waals surface area contributed by atoms with Crippen LogP contribution in [0.2, 0.25) is 0 Å². The summed E-state index contributed by atoms with van der Waals surface area (Å²) >= 11 is 0. The largest absolute Gasteiger partial charge is 0.391 e. The monoisotopic (exact) mass is 450 g/mol. The van der Waals surface area contributed by atoms with Crippen molar-refractivity contribution in [2.24, 2.45) is 5.41 Å². The molecular formula is C28H35FN2O2. The third kappa shape index (κ3) is 4.85. The number of amides is 1. The number of rotatable bonds is 3. The van der Waals surface area contributed by atoms with Crippen molar-refractivity contribution in [3.8, 4) is 0 Å². The van der Waals surface area contributed by atoms with Gasteiger partial charge in [0.2, 0.25) is 0 Å². The molecule has 5 heteroatoms. The first-order valence-corrected chi connectivity index (χ1v) is 12.5. The van der Waals surface area contributed by atoms with Crippen LogP contribution in [-0.2, 0) is 0 Å². The molecule has 2 aliphatic heterocycles.